The molecular weight excluding hydrogens is 276 g/mol. The van der Waals surface area contributed by atoms with Crippen LogP contribution in [0.5, 0.6) is 5.75 Å². The summed E-state index contributed by atoms with van der Waals surface area (Å²) in [6, 6.07) is 15.7. The molecule has 0 aliphatic heterocycles. The molecule has 0 radical (unpaired) electrons. The SMILES string of the molecule is Cc1ccc(OCNC(=O)NCCc2ccccc2)cc1C. The minimum Gasteiger partial charge on any atom is -0.473 e. The van der Waals surface area contributed by atoms with E-state index in [4.69, 9.17) is 4.74 Å². The van der Waals surface area contributed by atoms with Gasteiger partial charge in [-0.05, 0) is 49.1 Å². The van der Waals surface area contributed by atoms with Crippen LogP contribution in [0.1, 0.15) is 16.7 Å². The molecular formula is C18H22N2O2. The third-order valence-corrected chi connectivity index (χ3v) is 3.49. The van der Waals surface area contributed by atoms with Gasteiger partial charge in [0.15, 0.2) is 6.73 Å². The van der Waals surface area contributed by atoms with Crippen molar-refractivity contribution in [3.8, 4) is 5.75 Å². The van der Waals surface area contributed by atoms with Crippen molar-refractivity contribution in [2.24, 2.45) is 0 Å². The number of ether oxygens (including phenoxy) is 1. The largest absolute Gasteiger partial charge is 0.473 e. The Morgan fingerprint density at radius 3 is 2.50 bits per heavy atom. The Morgan fingerprint density at radius 2 is 1.77 bits per heavy atom. The average Bonchev–Trinajstić information content (AvgIpc) is 2.52. The van der Waals surface area contributed by atoms with Gasteiger partial charge in [-0.1, -0.05) is 36.4 Å². The molecule has 116 valence electrons. The maximum absolute atomic E-state index is 11.6. The monoisotopic (exact) mass is 298 g/mol. The van der Waals surface area contributed by atoms with Crippen LogP contribution >= 0.6 is 0 Å². The van der Waals surface area contributed by atoms with Crippen molar-refractivity contribution in [2.45, 2.75) is 20.3 Å². The Hall–Kier alpha value is -2.49. The van der Waals surface area contributed by atoms with Gasteiger partial charge in [-0.3, -0.25) is 0 Å². The van der Waals surface area contributed by atoms with Crippen LogP contribution in [0.2, 0.25) is 0 Å². The van der Waals surface area contributed by atoms with E-state index in [-0.39, 0.29) is 12.8 Å². The summed E-state index contributed by atoms with van der Waals surface area (Å²) in [6.45, 7) is 4.84. The average molecular weight is 298 g/mol. The molecule has 2 rings (SSSR count). The molecule has 2 aromatic carbocycles. The van der Waals surface area contributed by atoms with Gasteiger partial charge in [0.05, 0.1) is 0 Å². The van der Waals surface area contributed by atoms with E-state index in [1.54, 1.807) is 0 Å². The molecule has 0 unspecified atom stereocenters. The zero-order valence-electron chi connectivity index (χ0n) is 13.1. The van der Waals surface area contributed by atoms with E-state index in [0.29, 0.717) is 6.54 Å². The third kappa shape index (κ3) is 5.13. The first-order valence-electron chi connectivity index (χ1n) is 7.41. The van der Waals surface area contributed by atoms with E-state index in [9.17, 15) is 4.79 Å². The molecule has 0 atom stereocenters. The van der Waals surface area contributed by atoms with E-state index < -0.39 is 0 Å². The summed E-state index contributed by atoms with van der Waals surface area (Å²) in [4.78, 5) is 11.6. The molecule has 0 saturated heterocycles. The summed E-state index contributed by atoms with van der Waals surface area (Å²) in [6.07, 6.45) is 0.812. The number of hydrogen-bond donors (Lipinski definition) is 2. The van der Waals surface area contributed by atoms with E-state index in [2.05, 4.69) is 17.6 Å². The van der Waals surface area contributed by atoms with E-state index >= 15 is 0 Å². The fourth-order valence-corrected chi connectivity index (χ4v) is 2.02. The lowest BCUT2D eigenvalue weighted by atomic mass is 10.1. The zero-order chi connectivity index (χ0) is 15.8. The van der Waals surface area contributed by atoms with Crippen molar-refractivity contribution < 1.29 is 9.53 Å². The molecule has 0 aliphatic rings. The van der Waals surface area contributed by atoms with Gasteiger partial charge in [0.1, 0.15) is 5.75 Å². The van der Waals surface area contributed by atoms with Crippen LogP contribution in [-0.4, -0.2) is 19.3 Å². The summed E-state index contributed by atoms with van der Waals surface area (Å²) >= 11 is 0. The van der Waals surface area contributed by atoms with Crippen LogP contribution in [0.3, 0.4) is 0 Å². The van der Waals surface area contributed by atoms with Crippen LogP contribution in [0.15, 0.2) is 48.5 Å². The maximum atomic E-state index is 11.6. The van der Waals surface area contributed by atoms with Gasteiger partial charge in [-0.2, -0.15) is 0 Å². The maximum Gasteiger partial charge on any atom is 0.317 e. The van der Waals surface area contributed by atoms with Crippen molar-refractivity contribution in [3.05, 3.63) is 65.2 Å². The van der Waals surface area contributed by atoms with Crippen molar-refractivity contribution in [2.75, 3.05) is 13.3 Å². The molecule has 0 fully saturated rings. The second kappa shape index (κ2) is 8.08. The van der Waals surface area contributed by atoms with Gasteiger partial charge in [0, 0.05) is 6.54 Å². The first-order chi connectivity index (χ1) is 10.6. The minimum absolute atomic E-state index is 0.152. The summed E-state index contributed by atoms with van der Waals surface area (Å²) in [5, 5.41) is 5.49. The Labute approximate surface area is 131 Å². The van der Waals surface area contributed by atoms with Crippen LogP contribution in [0.25, 0.3) is 0 Å². The molecule has 0 aliphatic carbocycles. The molecule has 4 nitrogen and oxygen atoms in total. The van der Waals surface area contributed by atoms with Crippen molar-refractivity contribution in [3.63, 3.8) is 0 Å². The molecule has 22 heavy (non-hydrogen) atoms. The van der Waals surface area contributed by atoms with Gasteiger partial charge < -0.3 is 15.4 Å². The minimum atomic E-state index is -0.222. The van der Waals surface area contributed by atoms with Gasteiger partial charge in [0.2, 0.25) is 0 Å². The van der Waals surface area contributed by atoms with Crippen LogP contribution < -0.4 is 15.4 Å². The fraction of sp³-hybridized carbons (Fsp3) is 0.278. The Kier molecular flexibility index (Phi) is 5.83. The van der Waals surface area contributed by atoms with E-state index in [1.807, 2.05) is 55.5 Å². The Bertz CT molecular complexity index is 612. The van der Waals surface area contributed by atoms with E-state index in [0.717, 1.165) is 12.2 Å². The summed E-state index contributed by atoms with van der Waals surface area (Å²) < 4.78 is 5.51. The van der Waals surface area contributed by atoms with Crippen LogP contribution in [-0.2, 0) is 6.42 Å². The molecule has 0 heterocycles. The number of carbonyl (C=O) groups is 1. The van der Waals surface area contributed by atoms with Gasteiger partial charge in [-0.15, -0.1) is 0 Å². The van der Waals surface area contributed by atoms with E-state index in [1.165, 1.54) is 16.7 Å². The summed E-state index contributed by atoms with van der Waals surface area (Å²) in [5.41, 5.74) is 3.60. The van der Waals surface area contributed by atoms with Crippen LogP contribution in [0, 0.1) is 13.8 Å². The highest BCUT2D eigenvalue weighted by Gasteiger charge is 2.01. The van der Waals surface area contributed by atoms with Crippen molar-refractivity contribution >= 4 is 6.03 Å². The van der Waals surface area contributed by atoms with Crippen LogP contribution in [0.4, 0.5) is 4.79 Å². The number of hydrogen-bond acceptors (Lipinski definition) is 2. The second-order valence-corrected chi connectivity index (χ2v) is 5.20. The summed E-state index contributed by atoms with van der Waals surface area (Å²) in [7, 11) is 0. The van der Waals surface area contributed by atoms with Crippen molar-refractivity contribution in [1.82, 2.24) is 10.6 Å². The normalized spacial score (nSPS) is 10.1. The highest BCUT2D eigenvalue weighted by Crippen LogP contribution is 2.15. The number of rotatable bonds is 6. The predicted molar refractivity (Wildman–Crippen MR) is 88.1 cm³/mol. The van der Waals surface area contributed by atoms with Gasteiger partial charge in [-0.25, -0.2) is 4.79 Å². The van der Waals surface area contributed by atoms with Crippen molar-refractivity contribution in [1.29, 1.82) is 0 Å². The molecule has 2 aromatic rings. The molecule has 4 heteroatoms. The molecule has 0 spiro atoms. The number of aryl methyl sites for hydroxylation is 2. The lowest BCUT2D eigenvalue weighted by molar-refractivity contribution is 0.224. The lowest BCUT2D eigenvalue weighted by Crippen LogP contribution is -2.38. The highest BCUT2D eigenvalue weighted by atomic mass is 16.5. The number of carbonyl (C=O) groups excluding carboxylic acids is 1. The Morgan fingerprint density at radius 1 is 1.00 bits per heavy atom. The first kappa shape index (κ1) is 15.9. The number of amides is 2. The number of urea groups is 1. The fourth-order valence-electron chi connectivity index (χ4n) is 2.02. The topological polar surface area (TPSA) is 50.4 Å². The standard InChI is InChI=1S/C18H22N2O2/c1-14-8-9-17(12-15(14)2)22-13-20-18(21)19-11-10-16-6-4-3-5-7-16/h3-9,12H,10-11,13H2,1-2H3,(H2,19,20,21). The molecule has 0 saturated carbocycles. The zero-order valence-corrected chi connectivity index (χ0v) is 13.1. The molecule has 2 amide bonds. The third-order valence-electron chi connectivity index (χ3n) is 3.49. The predicted octanol–water partition coefficient (Wildman–Crippen LogP) is 3.18. The quantitative estimate of drug-likeness (QED) is 0.805. The lowest BCUT2D eigenvalue weighted by Gasteiger charge is -2.10. The molecule has 0 bridgehead atoms. The summed E-state index contributed by atoms with van der Waals surface area (Å²) in [5.74, 6) is 0.757. The first-order valence-corrected chi connectivity index (χ1v) is 7.41. The van der Waals surface area contributed by atoms with Gasteiger partial charge in [0.25, 0.3) is 0 Å². The molecule has 0 aromatic heterocycles. The highest BCUT2D eigenvalue weighted by molar-refractivity contribution is 5.73. The molecule has 2 N–H and O–H groups in total. The van der Waals surface area contributed by atoms with Gasteiger partial charge >= 0.3 is 6.03 Å². The number of benzene rings is 2. The number of nitrogens with one attached hydrogen (secondary N) is 2. The smallest absolute Gasteiger partial charge is 0.317 e. The second-order valence-electron chi connectivity index (χ2n) is 5.20. The Balaban J connectivity index is 1.64.